The van der Waals surface area contributed by atoms with Crippen LogP contribution in [0.3, 0.4) is 0 Å². The predicted octanol–water partition coefficient (Wildman–Crippen LogP) is 2.00. The molecule has 0 saturated heterocycles. The number of hydrogen-bond donors (Lipinski definition) is 2. The van der Waals surface area contributed by atoms with Gasteiger partial charge >= 0.3 is 5.97 Å². The third-order valence-corrected chi connectivity index (χ3v) is 3.71. The Kier molecular flexibility index (Phi) is 5.08. The molecule has 0 saturated carbocycles. The molecule has 0 unspecified atom stereocenters. The maximum Gasteiger partial charge on any atom is 0.328 e. The fourth-order valence-corrected chi connectivity index (χ4v) is 2.83. The average Bonchev–Trinajstić information content (AvgIpc) is 2.64. The molecule has 20 heavy (non-hydrogen) atoms. The molecule has 1 aromatic heterocycles. The van der Waals surface area contributed by atoms with E-state index in [-0.39, 0.29) is 12.5 Å². The van der Waals surface area contributed by atoms with E-state index < -0.39 is 11.6 Å². The number of carboxylic acid groups (broad SMARTS) is 1. The van der Waals surface area contributed by atoms with Crippen molar-refractivity contribution in [1.82, 2.24) is 4.90 Å². The number of carbonyl (C=O) groups excluding carboxylic acids is 1. The lowest BCUT2D eigenvalue weighted by molar-refractivity contribution is -0.131. The van der Waals surface area contributed by atoms with Gasteiger partial charge < -0.3 is 15.1 Å². The molecule has 1 heterocycles. The van der Waals surface area contributed by atoms with Crippen molar-refractivity contribution < 1.29 is 19.8 Å². The van der Waals surface area contributed by atoms with Crippen LogP contribution in [0, 0.1) is 6.92 Å². The molecule has 0 aliphatic carbocycles. The number of likely N-dealkylation sites (N-methyl/N-ethyl adjacent to an activating group) is 1. The van der Waals surface area contributed by atoms with Gasteiger partial charge in [-0.25, -0.2) is 4.79 Å². The Balaban J connectivity index is 2.90. The zero-order valence-corrected chi connectivity index (χ0v) is 12.8. The van der Waals surface area contributed by atoms with Gasteiger partial charge in [-0.3, -0.25) is 4.79 Å². The lowest BCUT2D eigenvalue weighted by atomic mass is 10.1. The smallest absolute Gasteiger partial charge is 0.328 e. The Morgan fingerprint density at radius 3 is 2.55 bits per heavy atom. The van der Waals surface area contributed by atoms with Gasteiger partial charge in [0.1, 0.15) is 0 Å². The maximum absolute atomic E-state index is 12.2. The lowest BCUT2D eigenvalue weighted by Gasteiger charge is -2.25. The number of nitrogens with zero attached hydrogens (tertiary/aromatic N) is 1. The Hall–Kier alpha value is -1.66. The van der Waals surface area contributed by atoms with Crippen molar-refractivity contribution in [3.63, 3.8) is 0 Å². The minimum absolute atomic E-state index is 0.185. The molecule has 1 aromatic rings. The molecule has 0 bridgehead atoms. The fourth-order valence-electron chi connectivity index (χ4n) is 1.75. The van der Waals surface area contributed by atoms with Crippen molar-refractivity contribution in [3.05, 3.63) is 27.5 Å². The third-order valence-electron chi connectivity index (χ3n) is 2.52. The van der Waals surface area contributed by atoms with Crippen molar-refractivity contribution in [2.75, 3.05) is 13.6 Å². The Morgan fingerprint density at radius 2 is 2.05 bits per heavy atom. The zero-order chi connectivity index (χ0) is 15.5. The summed E-state index contributed by atoms with van der Waals surface area (Å²) in [6.07, 6.45) is 2.53. The number of amides is 1. The molecule has 0 aromatic carbocycles. The quantitative estimate of drug-likeness (QED) is 0.815. The van der Waals surface area contributed by atoms with Gasteiger partial charge in [0.2, 0.25) is 0 Å². The van der Waals surface area contributed by atoms with Gasteiger partial charge in [-0.15, -0.1) is 11.3 Å². The summed E-state index contributed by atoms with van der Waals surface area (Å²) in [6.45, 7) is 5.32. The van der Waals surface area contributed by atoms with Crippen LogP contribution in [0.15, 0.2) is 12.1 Å². The van der Waals surface area contributed by atoms with Crippen LogP contribution < -0.4 is 0 Å². The second-order valence-corrected chi connectivity index (χ2v) is 6.39. The van der Waals surface area contributed by atoms with E-state index in [1.165, 1.54) is 22.3 Å². The molecule has 0 aliphatic heterocycles. The summed E-state index contributed by atoms with van der Waals surface area (Å²) >= 11 is 1.24. The van der Waals surface area contributed by atoms with E-state index >= 15 is 0 Å². The van der Waals surface area contributed by atoms with Crippen LogP contribution in [-0.4, -0.2) is 46.2 Å². The highest BCUT2D eigenvalue weighted by Crippen LogP contribution is 2.24. The van der Waals surface area contributed by atoms with Crippen LogP contribution in [0.5, 0.6) is 0 Å². The van der Waals surface area contributed by atoms with Crippen LogP contribution in [0.1, 0.15) is 34.0 Å². The van der Waals surface area contributed by atoms with E-state index in [1.807, 2.05) is 6.92 Å². The minimum atomic E-state index is -1.02. The molecular weight excluding hydrogens is 278 g/mol. The summed E-state index contributed by atoms with van der Waals surface area (Å²) in [5.74, 6) is -1.21. The SMILES string of the molecule is Cc1cc(C(=O)N(C)CC(C)(C)O)sc1/C=C/C(=O)O. The fraction of sp³-hybridized carbons (Fsp3) is 0.429. The standard InChI is InChI=1S/C14H19NO4S/c1-9-7-11(20-10(9)5-6-12(16)17)13(18)15(4)8-14(2,3)19/h5-7,19H,8H2,1-4H3,(H,16,17)/b6-5+. The van der Waals surface area contributed by atoms with Gasteiger partial charge in [-0.1, -0.05) is 0 Å². The number of carbonyl (C=O) groups is 2. The van der Waals surface area contributed by atoms with Crippen LogP contribution >= 0.6 is 11.3 Å². The number of aliphatic hydroxyl groups is 1. The molecule has 1 amide bonds. The highest BCUT2D eigenvalue weighted by Gasteiger charge is 2.21. The highest BCUT2D eigenvalue weighted by atomic mass is 32.1. The molecule has 6 heteroatoms. The second-order valence-electron chi connectivity index (χ2n) is 5.30. The van der Waals surface area contributed by atoms with Gasteiger partial charge in [-0.2, -0.15) is 0 Å². The number of thiophene rings is 1. The van der Waals surface area contributed by atoms with E-state index in [0.717, 1.165) is 16.5 Å². The first kappa shape index (κ1) is 16.4. The van der Waals surface area contributed by atoms with E-state index in [2.05, 4.69) is 0 Å². The van der Waals surface area contributed by atoms with Crippen molar-refractivity contribution in [2.24, 2.45) is 0 Å². The minimum Gasteiger partial charge on any atom is -0.478 e. The third kappa shape index (κ3) is 4.79. The van der Waals surface area contributed by atoms with Crippen LogP contribution in [-0.2, 0) is 4.79 Å². The number of carboxylic acids is 1. The van der Waals surface area contributed by atoms with Crippen molar-refractivity contribution in [1.29, 1.82) is 0 Å². The molecule has 2 N–H and O–H groups in total. The Labute approximate surface area is 122 Å². The molecule has 5 nitrogen and oxygen atoms in total. The number of aryl methyl sites for hydroxylation is 1. The van der Waals surface area contributed by atoms with Gasteiger partial charge in [0, 0.05) is 24.5 Å². The molecular formula is C14H19NO4S. The normalized spacial score (nSPS) is 11.8. The first-order valence-corrected chi connectivity index (χ1v) is 6.91. The van der Waals surface area contributed by atoms with Crippen molar-refractivity contribution >= 4 is 29.3 Å². The monoisotopic (exact) mass is 297 g/mol. The molecule has 0 fully saturated rings. The average molecular weight is 297 g/mol. The van der Waals surface area contributed by atoms with Crippen LogP contribution in [0.4, 0.5) is 0 Å². The van der Waals surface area contributed by atoms with Gasteiger partial charge in [0.15, 0.2) is 0 Å². The lowest BCUT2D eigenvalue weighted by Crippen LogP contribution is -2.39. The van der Waals surface area contributed by atoms with Crippen LogP contribution in [0.2, 0.25) is 0 Å². The molecule has 0 spiro atoms. The molecule has 110 valence electrons. The Bertz CT molecular complexity index is 540. The van der Waals surface area contributed by atoms with Crippen molar-refractivity contribution in [3.8, 4) is 0 Å². The predicted molar refractivity (Wildman–Crippen MR) is 79.0 cm³/mol. The van der Waals surface area contributed by atoms with Crippen LogP contribution in [0.25, 0.3) is 6.08 Å². The summed E-state index contributed by atoms with van der Waals surface area (Å²) in [5, 5.41) is 18.3. The summed E-state index contributed by atoms with van der Waals surface area (Å²) in [4.78, 5) is 25.4. The number of aliphatic carboxylic acids is 1. The first-order chi connectivity index (χ1) is 9.10. The largest absolute Gasteiger partial charge is 0.478 e. The Morgan fingerprint density at radius 1 is 1.45 bits per heavy atom. The second kappa shape index (κ2) is 6.19. The highest BCUT2D eigenvalue weighted by molar-refractivity contribution is 7.15. The van der Waals surface area contributed by atoms with E-state index in [1.54, 1.807) is 27.0 Å². The van der Waals surface area contributed by atoms with Gasteiger partial charge in [0.25, 0.3) is 5.91 Å². The molecule has 1 rings (SSSR count). The number of rotatable bonds is 5. The molecule has 0 atom stereocenters. The summed E-state index contributed by atoms with van der Waals surface area (Å²) < 4.78 is 0. The van der Waals surface area contributed by atoms with Gasteiger partial charge in [0.05, 0.1) is 10.5 Å². The summed E-state index contributed by atoms with van der Waals surface area (Å²) in [6, 6.07) is 1.73. The summed E-state index contributed by atoms with van der Waals surface area (Å²) in [7, 11) is 1.63. The van der Waals surface area contributed by atoms with E-state index in [4.69, 9.17) is 5.11 Å². The maximum atomic E-state index is 12.2. The van der Waals surface area contributed by atoms with Gasteiger partial charge in [-0.05, 0) is 38.5 Å². The van der Waals surface area contributed by atoms with Crippen molar-refractivity contribution in [2.45, 2.75) is 26.4 Å². The molecule has 0 radical (unpaired) electrons. The molecule has 0 aliphatic rings. The topological polar surface area (TPSA) is 77.8 Å². The number of hydrogen-bond acceptors (Lipinski definition) is 4. The van der Waals surface area contributed by atoms with E-state index in [9.17, 15) is 14.7 Å². The summed E-state index contributed by atoms with van der Waals surface area (Å²) in [5.41, 5.74) is -0.101. The first-order valence-electron chi connectivity index (χ1n) is 6.09. The zero-order valence-electron chi connectivity index (χ0n) is 12.0. The van der Waals surface area contributed by atoms with E-state index in [0.29, 0.717) is 4.88 Å².